The average molecular weight is 341 g/mol. The van der Waals surface area contributed by atoms with Crippen LogP contribution in [0.15, 0.2) is 73.1 Å². The van der Waals surface area contributed by atoms with Gasteiger partial charge in [0.2, 0.25) is 0 Å². The molecule has 0 aliphatic heterocycles. The summed E-state index contributed by atoms with van der Waals surface area (Å²) in [5.41, 5.74) is 2.31. The van der Waals surface area contributed by atoms with E-state index in [2.05, 4.69) is 30.1 Å². The van der Waals surface area contributed by atoms with Crippen LogP contribution in [-0.2, 0) is 16.3 Å². The number of pyridine rings is 2. The van der Waals surface area contributed by atoms with Crippen molar-refractivity contribution in [2.45, 2.75) is 0 Å². The van der Waals surface area contributed by atoms with Gasteiger partial charge in [-0.2, -0.15) is 0 Å². The second kappa shape index (κ2) is 8.72. The molecule has 0 saturated heterocycles. The molecule has 0 saturated carbocycles. The van der Waals surface area contributed by atoms with Crippen LogP contribution >= 0.6 is 0 Å². The van der Waals surface area contributed by atoms with Gasteiger partial charge in [0.05, 0.1) is 11.4 Å². The molecule has 5 heteroatoms. The Morgan fingerprint density at radius 1 is 0.818 bits per heavy atom. The standard InChI is InChI=1S/C10H8N2.C7H6O2.Cu/c1-3-7-11-9(5-1)10-6-2-4-8-12-10;8-5-6-3-1-2-4-7(6)9;/h1-8H;1-5,9H;/q;;+1/p-1. The molecule has 0 aliphatic carbocycles. The van der Waals surface area contributed by atoms with Crippen LogP contribution in [-0.4, -0.2) is 16.3 Å². The summed E-state index contributed by atoms with van der Waals surface area (Å²) in [6, 6.07) is 18.4. The molecule has 4 nitrogen and oxygen atoms in total. The van der Waals surface area contributed by atoms with Crippen LogP contribution in [0.4, 0.5) is 0 Å². The molecule has 2 aromatic heterocycles. The number of hydrogen-bond acceptors (Lipinski definition) is 4. The monoisotopic (exact) mass is 340 g/mol. The number of rotatable bonds is 3. The summed E-state index contributed by atoms with van der Waals surface area (Å²) in [5.74, 6) is 0.428. The SMILES string of the molecule is O=Cc1ccccc1[O][Cu].c1ccc(-c2ccccn2)nc1. The van der Waals surface area contributed by atoms with Crippen molar-refractivity contribution < 1.29 is 25.0 Å². The number of aldehydes is 1. The van der Waals surface area contributed by atoms with E-state index in [-0.39, 0.29) is 0 Å². The van der Waals surface area contributed by atoms with Crippen molar-refractivity contribution in [2.75, 3.05) is 0 Å². The summed E-state index contributed by atoms with van der Waals surface area (Å²) in [4.78, 5) is 18.6. The first-order valence-corrected chi connectivity index (χ1v) is 6.85. The number of hydrogen-bond donors (Lipinski definition) is 0. The molecule has 0 radical (unpaired) electrons. The van der Waals surface area contributed by atoms with Gasteiger partial charge in [0, 0.05) is 12.4 Å². The Balaban J connectivity index is 0.000000164. The van der Waals surface area contributed by atoms with Gasteiger partial charge >= 0.3 is 66.8 Å². The van der Waals surface area contributed by atoms with Crippen molar-refractivity contribution in [3.8, 4) is 17.1 Å². The fraction of sp³-hybridized carbons (Fsp3) is 0. The minimum atomic E-state index is 0.428. The van der Waals surface area contributed by atoms with Crippen molar-refractivity contribution in [1.29, 1.82) is 0 Å². The predicted octanol–water partition coefficient (Wildman–Crippen LogP) is 3.48. The van der Waals surface area contributed by atoms with E-state index in [4.69, 9.17) is 0 Å². The van der Waals surface area contributed by atoms with Gasteiger partial charge in [0.15, 0.2) is 0 Å². The third-order valence-corrected chi connectivity index (χ3v) is 2.91. The largest absolute Gasteiger partial charge is 0.255 e. The molecular weight excluding hydrogens is 328 g/mol. The van der Waals surface area contributed by atoms with Gasteiger partial charge in [-0.05, 0) is 24.3 Å². The third kappa shape index (κ3) is 4.52. The first-order chi connectivity index (χ1) is 10.8. The smallest absolute Gasteiger partial charge is 0.0886 e. The number of aromatic nitrogens is 2. The minimum absolute atomic E-state index is 0.428. The summed E-state index contributed by atoms with van der Waals surface area (Å²) in [6.07, 6.45) is 4.24. The quantitative estimate of drug-likeness (QED) is 0.541. The normalized spacial score (nSPS) is 9.36. The van der Waals surface area contributed by atoms with Crippen LogP contribution in [0.5, 0.6) is 5.75 Å². The molecule has 1 aromatic carbocycles. The van der Waals surface area contributed by atoms with E-state index in [0.29, 0.717) is 17.6 Å². The van der Waals surface area contributed by atoms with Crippen molar-refractivity contribution >= 4 is 6.29 Å². The fourth-order valence-corrected chi connectivity index (χ4v) is 1.84. The summed E-state index contributed by atoms with van der Waals surface area (Å²) in [7, 11) is 0. The molecule has 0 N–H and O–H groups in total. The molecule has 2 heterocycles. The zero-order valence-corrected chi connectivity index (χ0v) is 12.5. The molecule has 0 amide bonds. The number of benzene rings is 1. The number of carbonyl (C=O) groups is 1. The van der Waals surface area contributed by atoms with E-state index < -0.39 is 0 Å². The van der Waals surface area contributed by atoms with E-state index in [0.717, 1.165) is 11.4 Å². The first kappa shape index (κ1) is 15.9. The van der Waals surface area contributed by atoms with Gasteiger partial charge in [-0.1, -0.05) is 12.1 Å². The van der Waals surface area contributed by atoms with Crippen molar-refractivity contribution in [3.05, 3.63) is 78.6 Å². The van der Waals surface area contributed by atoms with Crippen molar-refractivity contribution in [3.63, 3.8) is 0 Å². The molecule has 114 valence electrons. The Morgan fingerprint density at radius 2 is 1.36 bits per heavy atom. The minimum Gasteiger partial charge on any atom is -0.255 e. The van der Waals surface area contributed by atoms with Gasteiger partial charge in [-0.3, -0.25) is 9.97 Å². The zero-order valence-electron chi connectivity index (χ0n) is 11.5. The summed E-state index contributed by atoms with van der Waals surface area (Å²) in [6.45, 7) is 0. The zero-order chi connectivity index (χ0) is 15.6. The average Bonchev–Trinajstić information content (AvgIpc) is 2.63. The van der Waals surface area contributed by atoms with E-state index in [1.54, 1.807) is 36.7 Å². The molecule has 0 fully saturated rings. The van der Waals surface area contributed by atoms with E-state index >= 15 is 0 Å². The fourth-order valence-electron chi connectivity index (χ4n) is 1.66. The van der Waals surface area contributed by atoms with Gasteiger partial charge in [0.25, 0.3) is 0 Å². The number of para-hydroxylation sites is 1. The summed E-state index contributed by atoms with van der Waals surface area (Å²) >= 11 is 4.45. The van der Waals surface area contributed by atoms with Gasteiger partial charge < -0.3 is 0 Å². The Bertz CT molecular complexity index is 669. The Kier molecular flexibility index (Phi) is 6.30. The van der Waals surface area contributed by atoms with Gasteiger partial charge in [0.1, 0.15) is 0 Å². The van der Waals surface area contributed by atoms with E-state index in [1.807, 2.05) is 36.4 Å². The second-order valence-electron chi connectivity index (χ2n) is 4.15. The van der Waals surface area contributed by atoms with Crippen LogP contribution in [0.1, 0.15) is 10.4 Å². The number of nitrogens with zero attached hydrogens (tertiary/aromatic N) is 2. The van der Waals surface area contributed by atoms with Crippen molar-refractivity contribution in [1.82, 2.24) is 9.97 Å². The molecule has 0 aliphatic rings. The third-order valence-electron chi connectivity index (χ3n) is 2.70. The Hall–Kier alpha value is -2.49. The maximum absolute atomic E-state index is 10.3. The summed E-state index contributed by atoms with van der Waals surface area (Å²) < 4.78 is 4.47. The molecule has 0 unspecified atom stereocenters. The summed E-state index contributed by atoms with van der Waals surface area (Å²) in [5, 5.41) is 0. The first-order valence-electron chi connectivity index (χ1n) is 6.47. The topological polar surface area (TPSA) is 52.1 Å². The maximum Gasteiger partial charge on any atom is 0.0886 e. The van der Waals surface area contributed by atoms with Gasteiger partial charge in [-0.25, -0.2) is 0 Å². The maximum atomic E-state index is 10.3. The van der Waals surface area contributed by atoms with Crippen LogP contribution in [0, 0.1) is 0 Å². The molecule has 0 atom stereocenters. The molecule has 22 heavy (non-hydrogen) atoms. The van der Waals surface area contributed by atoms with Crippen molar-refractivity contribution in [2.24, 2.45) is 0 Å². The molecule has 0 bridgehead atoms. The van der Waals surface area contributed by atoms with E-state index in [1.165, 1.54) is 0 Å². The molecule has 3 rings (SSSR count). The Morgan fingerprint density at radius 3 is 1.77 bits per heavy atom. The van der Waals surface area contributed by atoms with Crippen LogP contribution in [0.2, 0.25) is 0 Å². The molecule has 3 aromatic rings. The van der Waals surface area contributed by atoms with Crippen LogP contribution in [0.3, 0.4) is 0 Å². The van der Waals surface area contributed by atoms with Crippen LogP contribution in [0.25, 0.3) is 11.4 Å². The van der Waals surface area contributed by atoms with E-state index in [9.17, 15) is 4.79 Å². The predicted molar refractivity (Wildman–Crippen MR) is 79.9 cm³/mol. The number of carbonyl (C=O) groups excluding carboxylic acids is 1. The Labute approximate surface area is 137 Å². The second-order valence-corrected chi connectivity index (χ2v) is 4.34. The molecule has 0 spiro atoms. The molecular formula is C17H13CuN2O2. The van der Waals surface area contributed by atoms with Gasteiger partial charge in [-0.15, -0.1) is 0 Å². The van der Waals surface area contributed by atoms with Crippen LogP contribution < -0.4 is 3.82 Å².